The van der Waals surface area contributed by atoms with Crippen molar-refractivity contribution in [1.82, 2.24) is 15.2 Å². The molecule has 0 bridgehead atoms. The number of carbonyl (C=O) groups excluding carboxylic acids is 1. The number of allylic oxidation sites excluding steroid dienone is 2. The number of carbonyl (C=O) groups is 1. The van der Waals surface area contributed by atoms with E-state index in [9.17, 15) is 4.79 Å². The Morgan fingerprint density at radius 2 is 1.96 bits per heavy atom. The third-order valence-electron chi connectivity index (χ3n) is 5.24. The Bertz CT molecular complexity index is 748. The molecule has 0 aromatic carbocycles. The summed E-state index contributed by atoms with van der Waals surface area (Å²) in [5, 5.41) is 3.09. The van der Waals surface area contributed by atoms with Crippen molar-refractivity contribution in [3.8, 4) is 0 Å². The van der Waals surface area contributed by atoms with E-state index in [1.807, 2.05) is 30.5 Å². The summed E-state index contributed by atoms with van der Waals surface area (Å²) in [6.45, 7) is 3.67. The summed E-state index contributed by atoms with van der Waals surface area (Å²) in [4.78, 5) is 19.4. The molecule has 1 aromatic heterocycles. The molecule has 0 saturated carbocycles. The Morgan fingerprint density at radius 3 is 2.64 bits per heavy atom. The Morgan fingerprint density at radius 1 is 1.18 bits per heavy atom. The molecule has 1 saturated heterocycles. The Kier molecular flexibility index (Phi) is 7.25. The molecular formula is C22H29N3O3. The summed E-state index contributed by atoms with van der Waals surface area (Å²) >= 11 is 0. The number of methoxy groups -OCH3 is 2. The molecule has 1 aromatic rings. The number of piperidine rings is 1. The van der Waals surface area contributed by atoms with Crippen LogP contribution in [0.3, 0.4) is 0 Å². The first-order valence-corrected chi connectivity index (χ1v) is 9.80. The Labute approximate surface area is 166 Å². The normalized spacial score (nSPS) is 18.4. The molecule has 1 aliphatic carbocycles. The second kappa shape index (κ2) is 10.1. The summed E-state index contributed by atoms with van der Waals surface area (Å²) in [7, 11) is 3.18. The minimum absolute atomic E-state index is 0.0591. The van der Waals surface area contributed by atoms with Crippen LogP contribution >= 0.6 is 0 Å². The highest BCUT2D eigenvalue weighted by molar-refractivity contribution is 5.96. The fourth-order valence-corrected chi connectivity index (χ4v) is 3.58. The summed E-state index contributed by atoms with van der Waals surface area (Å²) in [5.41, 5.74) is 1.73. The van der Waals surface area contributed by atoms with E-state index in [0.29, 0.717) is 36.0 Å². The standard InChI is InChI=1S/C22H29N3O3/c1-27-20-8-5-6-18(14-21(20)28-2)22(26)24-15-17-9-12-25(13-10-17)16-19-7-3-4-11-23-19/h3-4,6-8,11,14,17H,5,9-10,12-13,15-16H2,1-2H3,(H,24,26). The van der Waals surface area contributed by atoms with Gasteiger partial charge in [0, 0.05) is 24.9 Å². The highest BCUT2D eigenvalue weighted by Crippen LogP contribution is 2.21. The number of likely N-dealkylation sites (tertiary alicyclic amines) is 1. The molecule has 1 amide bonds. The van der Waals surface area contributed by atoms with E-state index in [-0.39, 0.29) is 5.91 Å². The number of nitrogens with zero attached hydrogens (tertiary/aromatic N) is 2. The molecule has 6 nitrogen and oxygen atoms in total. The lowest BCUT2D eigenvalue weighted by molar-refractivity contribution is -0.117. The molecule has 0 unspecified atom stereocenters. The quantitative estimate of drug-likeness (QED) is 0.784. The highest BCUT2D eigenvalue weighted by Gasteiger charge is 2.21. The van der Waals surface area contributed by atoms with Crippen molar-refractivity contribution in [1.29, 1.82) is 0 Å². The number of hydrogen-bond donors (Lipinski definition) is 1. The van der Waals surface area contributed by atoms with Crippen molar-refractivity contribution < 1.29 is 14.3 Å². The lowest BCUT2D eigenvalue weighted by Crippen LogP contribution is -2.38. The molecule has 2 heterocycles. The maximum atomic E-state index is 12.6. The molecule has 1 N–H and O–H groups in total. The molecular weight excluding hydrogens is 354 g/mol. The first kappa shape index (κ1) is 20.1. The second-order valence-corrected chi connectivity index (χ2v) is 7.13. The molecule has 0 radical (unpaired) electrons. The van der Waals surface area contributed by atoms with Gasteiger partial charge in [0.05, 0.1) is 19.9 Å². The first-order valence-electron chi connectivity index (χ1n) is 9.80. The van der Waals surface area contributed by atoms with Gasteiger partial charge in [-0.15, -0.1) is 0 Å². The molecule has 2 aliphatic rings. The molecule has 1 fully saturated rings. The van der Waals surface area contributed by atoms with Crippen LogP contribution in [-0.4, -0.2) is 49.6 Å². The lowest BCUT2D eigenvalue weighted by Gasteiger charge is -2.31. The number of aromatic nitrogens is 1. The minimum Gasteiger partial charge on any atom is -0.493 e. The maximum Gasteiger partial charge on any atom is 0.251 e. The predicted octanol–water partition coefficient (Wildman–Crippen LogP) is 2.80. The van der Waals surface area contributed by atoms with Crippen LogP contribution in [0.1, 0.15) is 25.0 Å². The zero-order valence-electron chi connectivity index (χ0n) is 16.7. The molecule has 0 spiro atoms. The average Bonchev–Trinajstić information content (AvgIpc) is 2.96. The van der Waals surface area contributed by atoms with E-state index in [1.54, 1.807) is 20.3 Å². The van der Waals surface area contributed by atoms with Gasteiger partial charge in [-0.25, -0.2) is 0 Å². The van der Waals surface area contributed by atoms with Gasteiger partial charge in [0.2, 0.25) is 0 Å². The van der Waals surface area contributed by atoms with Crippen LogP contribution in [-0.2, 0) is 20.8 Å². The van der Waals surface area contributed by atoms with E-state index in [0.717, 1.165) is 38.2 Å². The van der Waals surface area contributed by atoms with Gasteiger partial charge in [-0.2, -0.15) is 0 Å². The van der Waals surface area contributed by atoms with Gasteiger partial charge in [-0.1, -0.05) is 12.1 Å². The Hall–Kier alpha value is -2.60. The summed E-state index contributed by atoms with van der Waals surface area (Å²) in [6, 6.07) is 6.04. The highest BCUT2D eigenvalue weighted by atomic mass is 16.5. The van der Waals surface area contributed by atoms with Crippen LogP contribution in [0.2, 0.25) is 0 Å². The van der Waals surface area contributed by atoms with Gasteiger partial charge >= 0.3 is 0 Å². The van der Waals surface area contributed by atoms with Gasteiger partial charge in [-0.05, 0) is 62.6 Å². The van der Waals surface area contributed by atoms with Crippen LogP contribution in [0.15, 0.2) is 59.7 Å². The van der Waals surface area contributed by atoms with E-state index >= 15 is 0 Å². The van der Waals surface area contributed by atoms with Gasteiger partial charge < -0.3 is 14.8 Å². The predicted molar refractivity (Wildman–Crippen MR) is 108 cm³/mol. The van der Waals surface area contributed by atoms with Crippen LogP contribution < -0.4 is 5.32 Å². The van der Waals surface area contributed by atoms with Crippen LogP contribution in [0.25, 0.3) is 0 Å². The molecule has 150 valence electrons. The largest absolute Gasteiger partial charge is 0.493 e. The third kappa shape index (κ3) is 5.45. The molecule has 6 heteroatoms. The number of rotatable bonds is 7. The fraction of sp³-hybridized carbons (Fsp3) is 0.455. The van der Waals surface area contributed by atoms with E-state index < -0.39 is 0 Å². The van der Waals surface area contributed by atoms with Crippen molar-refractivity contribution >= 4 is 5.91 Å². The molecule has 0 atom stereocenters. The van der Waals surface area contributed by atoms with Gasteiger partial charge in [0.1, 0.15) is 0 Å². The zero-order valence-corrected chi connectivity index (χ0v) is 16.7. The zero-order chi connectivity index (χ0) is 19.8. The van der Waals surface area contributed by atoms with Gasteiger partial charge in [-0.3, -0.25) is 14.7 Å². The van der Waals surface area contributed by atoms with Crippen LogP contribution in [0.5, 0.6) is 0 Å². The van der Waals surface area contributed by atoms with Crippen molar-refractivity contribution in [3.63, 3.8) is 0 Å². The molecule has 28 heavy (non-hydrogen) atoms. The van der Waals surface area contributed by atoms with Crippen LogP contribution in [0, 0.1) is 5.92 Å². The minimum atomic E-state index is -0.0591. The third-order valence-corrected chi connectivity index (χ3v) is 5.24. The average molecular weight is 383 g/mol. The smallest absolute Gasteiger partial charge is 0.251 e. The van der Waals surface area contributed by atoms with Gasteiger partial charge in [0.25, 0.3) is 5.91 Å². The topological polar surface area (TPSA) is 63.7 Å². The number of pyridine rings is 1. The van der Waals surface area contributed by atoms with Crippen molar-refractivity contribution in [2.75, 3.05) is 33.9 Å². The monoisotopic (exact) mass is 383 g/mol. The number of amides is 1. The van der Waals surface area contributed by atoms with Crippen molar-refractivity contribution in [2.24, 2.45) is 5.92 Å². The van der Waals surface area contributed by atoms with E-state index in [4.69, 9.17) is 9.47 Å². The number of ether oxygens (including phenoxy) is 2. The van der Waals surface area contributed by atoms with Crippen molar-refractivity contribution in [3.05, 3.63) is 65.4 Å². The van der Waals surface area contributed by atoms with Gasteiger partial charge in [0.15, 0.2) is 11.5 Å². The maximum absolute atomic E-state index is 12.6. The molecule has 1 aliphatic heterocycles. The first-order chi connectivity index (χ1) is 13.7. The van der Waals surface area contributed by atoms with E-state index in [2.05, 4.69) is 21.3 Å². The molecule has 3 rings (SSSR count). The van der Waals surface area contributed by atoms with Crippen molar-refractivity contribution in [2.45, 2.75) is 25.8 Å². The van der Waals surface area contributed by atoms with Crippen LogP contribution in [0.4, 0.5) is 0 Å². The lowest BCUT2D eigenvalue weighted by atomic mass is 9.96. The summed E-state index contributed by atoms with van der Waals surface area (Å²) in [6.07, 6.45) is 10.2. The summed E-state index contributed by atoms with van der Waals surface area (Å²) in [5.74, 6) is 1.68. The summed E-state index contributed by atoms with van der Waals surface area (Å²) < 4.78 is 10.7. The van der Waals surface area contributed by atoms with E-state index in [1.165, 1.54) is 0 Å². The number of nitrogens with one attached hydrogen (secondary N) is 1. The fourth-order valence-electron chi connectivity index (χ4n) is 3.58. The second-order valence-electron chi connectivity index (χ2n) is 7.13. The number of hydrogen-bond acceptors (Lipinski definition) is 5. The Balaban J connectivity index is 1.45. The SMILES string of the molecule is COC1=CCC=C(C(=O)NCC2CCN(Cc3ccccn3)CC2)C=C1OC.